The van der Waals surface area contributed by atoms with Gasteiger partial charge < -0.3 is 14.8 Å². The van der Waals surface area contributed by atoms with Crippen LogP contribution in [0.15, 0.2) is 67.1 Å². The molecule has 2 N–H and O–H groups in total. The van der Waals surface area contributed by atoms with Crippen molar-refractivity contribution in [2.45, 2.75) is 32.0 Å². The van der Waals surface area contributed by atoms with Gasteiger partial charge in [0.05, 0.1) is 42.4 Å². The molecule has 2 heterocycles. The quantitative estimate of drug-likeness (QED) is 0.519. The number of nitrogens with one attached hydrogen (secondary N) is 1. The van der Waals surface area contributed by atoms with E-state index in [1.165, 1.54) is 0 Å². The molecule has 4 rings (SSSR count). The number of ether oxygens (including phenoxy) is 1. The molecule has 1 saturated heterocycles. The molecular formula is C26H28N5O4+. The lowest BCUT2D eigenvalue weighted by Crippen LogP contribution is -2.67. The van der Waals surface area contributed by atoms with Crippen molar-refractivity contribution >= 4 is 12.2 Å². The minimum atomic E-state index is -0.956. The molecule has 0 radical (unpaired) electrons. The highest BCUT2D eigenvalue weighted by atomic mass is 16.6. The summed E-state index contributed by atoms with van der Waals surface area (Å²) in [5.74, 6) is 0. The van der Waals surface area contributed by atoms with Gasteiger partial charge in [-0.25, -0.2) is 14.3 Å². The van der Waals surface area contributed by atoms with Crippen molar-refractivity contribution in [1.82, 2.24) is 14.9 Å². The predicted molar refractivity (Wildman–Crippen MR) is 127 cm³/mol. The van der Waals surface area contributed by atoms with Crippen LogP contribution < -0.4 is 0 Å². The van der Waals surface area contributed by atoms with E-state index in [-0.39, 0.29) is 36.8 Å². The number of aromatic nitrogens is 2. The van der Waals surface area contributed by atoms with Crippen LogP contribution in [0.2, 0.25) is 0 Å². The van der Waals surface area contributed by atoms with Crippen LogP contribution in [-0.2, 0) is 17.8 Å². The van der Waals surface area contributed by atoms with Crippen molar-refractivity contribution in [2.24, 2.45) is 0 Å². The molecule has 1 aromatic heterocycles. The zero-order valence-electron chi connectivity index (χ0n) is 19.5. The van der Waals surface area contributed by atoms with Gasteiger partial charge in [-0.15, -0.1) is 0 Å². The van der Waals surface area contributed by atoms with Crippen LogP contribution in [0.5, 0.6) is 0 Å². The highest BCUT2D eigenvalue weighted by Crippen LogP contribution is 2.35. The normalized spacial score (nSPS) is 20.6. The fourth-order valence-corrected chi connectivity index (χ4v) is 4.77. The van der Waals surface area contributed by atoms with E-state index in [1.54, 1.807) is 29.6 Å². The second-order valence-corrected chi connectivity index (χ2v) is 8.84. The van der Waals surface area contributed by atoms with Gasteiger partial charge in [-0.1, -0.05) is 42.5 Å². The summed E-state index contributed by atoms with van der Waals surface area (Å²) in [5.41, 5.74) is 3.07. The zero-order valence-corrected chi connectivity index (χ0v) is 19.5. The molecule has 3 unspecified atom stereocenters. The first-order chi connectivity index (χ1) is 16.9. The molecule has 2 aromatic carbocycles. The van der Waals surface area contributed by atoms with Crippen molar-refractivity contribution in [3.8, 4) is 6.07 Å². The number of carbonyl (C=O) groups excluding carboxylic acids is 1. The maximum Gasteiger partial charge on any atom is 0.514 e. The molecule has 0 bridgehead atoms. The maximum absolute atomic E-state index is 12.8. The van der Waals surface area contributed by atoms with Crippen molar-refractivity contribution in [2.75, 3.05) is 19.6 Å². The zero-order chi connectivity index (χ0) is 24.8. The summed E-state index contributed by atoms with van der Waals surface area (Å²) in [4.78, 5) is 34.4. The summed E-state index contributed by atoms with van der Waals surface area (Å²) >= 11 is 0. The largest absolute Gasteiger partial charge is 0.514 e. The summed E-state index contributed by atoms with van der Waals surface area (Å²) in [6.45, 7) is 2.71. The van der Waals surface area contributed by atoms with Gasteiger partial charge in [-0.3, -0.25) is 4.90 Å². The van der Waals surface area contributed by atoms with Gasteiger partial charge in [0.25, 0.3) is 0 Å². The van der Waals surface area contributed by atoms with E-state index in [9.17, 15) is 14.7 Å². The lowest BCUT2D eigenvalue weighted by molar-refractivity contribution is -0.895. The smallest absolute Gasteiger partial charge is 0.445 e. The monoisotopic (exact) mass is 474 g/mol. The van der Waals surface area contributed by atoms with Crippen molar-refractivity contribution < 1.29 is 23.9 Å². The number of nitrogens with zero attached hydrogens (tertiary/aromatic N) is 4. The Morgan fingerprint density at radius 2 is 1.97 bits per heavy atom. The lowest BCUT2D eigenvalue weighted by Gasteiger charge is -2.47. The number of aromatic amines is 1. The first kappa shape index (κ1) is 24.0. The predicted octanol–water partition coefficient (Wildman–Crippen LogP) is 4.10. The number of carbonyl (C=O) groups is 2. The SMILES string of the molecule is CC1C[N+](C(=O)O)(C(Cc2ccc(C#N)cc2)c2cnc[nH]2)CCN1C(=O)OCc1ccccc1. The molecule has 9 heteroatoms. The van der Waals surface area contributed by atoms with E-state index in [0.29, 0.717) is 17.7 Å². The second kappa shape index (κ2) is 10.4. The fourth-order valence-electron chi connectivity index (χ4n) is 4.77. The summed E-state index contributed by atoms with van der Waals surface area (Å²) in [6, 6.07) is 17.9. The molecule has 3 aromatic rings. The summed E-state index contributed by atoms with van der Waals surface area (Å²) in [5, 5.41) is 19.6. The van der Waals surface area contributed by atoms with E-state index >= 15 is 0 Å². The van der Waals surface area contributed by atoms with Crippen LogP contribution in [0.3, 0.4) is 0 Å². The second-order valence-electron chi connectivity index (χ2n) is 8.84. The topological polar surface area (TPSA) is 119 Å². The van der Waals surface area contributed by atoms with Crippen LogP contribution in [-0.4, -0.2) is 62.3 Å². The van der Waals surface area contributed by atoms with Crippen LogP contribution in [0.1, 0.15) is 35.3 Å². The molecule has 0 spiro atoms. The van der Waals surface area contributed by atoms with Crippen molar-refractivity contribution in [1.29, 1.82) is 5.26 Å². The Bertz CT molecular complexity index is 1190. The maximum atomic E-state index is 12.8. The van der Waals surface area contributed by atoms with Crippen LogP contribution in [0.4, 0.5) is 9.59 Å². The average molecular weight is 475 g/mol. The van der Waals surface area contributed by atoms with E-state index in [1.807, 2.05) is 49.4 Å². The Balaban J connectivity index is 1.54. The number of H-pyrrole nitrogens is 1. The molecule has 3 atom stereocenters. The number of quaternary nitrogens is 1. The number of amides is 2. The molecule has 9 nitrogen and oxygen atoms in total. The standard InChI is InChI=1S/C26H27N5O4/c1-19-16-31(26(33)34,12-11-30(19)25(32)35-17-22-5-3-2-4-6-22)24(23-15-28-18-29-23)13-20-7-9-21(14-27)10-8-20/h2-10,15,18-19,24H,11-13,16-17H2,1H3,(H-,28,29,33,34)/p+1. The number of carboxylic acid groups (broad SMARTS) is 1. The molecule has 1 aliphatic heterocycles. The summed E-state index contributed by atoms with van der Waals surface area (Å²) < 4.78 is 5.26. The lowest BCUT2D eigenvalue weighted by atomic mass is 9.96. The van der Waals surface area contributed by atoms with Gasteiger partial charge >= 0.3 is 12.2 Å². The molecule has 1 fully saturated rings. The first-order valence-electron chi connectivity index (χ1n) is 11.5. The first-order valence-corrected chi connectivity index (χ1v) is 11.5. The molecule has 0 aliphatic carbocycles. The number of hydrogen-bond acceptors (Lipinski definition) is 5. The Morgan fingerprint density at radius 1 is 1.23 bits per heavy atom. The van der Waals surface area contributed by atoms with Gasteiger partial charge in [-0.05, 0) is 30.2 Å². The molecule has 2 amide bonds. The van der Waals surface area contributed by atoms with Crippen molar-refractivity contribution in [3.05, 3.63) is 89.5 Å². The van der Waals surface area contributed by atoms with Crippen LogP contribution in [0.25, 0.3) is 0 Å². The average Bonchev–Trinajstić information content (AvgIpc) is 3.41. The van der Waals surface area contributed by atoms with Crippen LogP contribution in [0, 0.1) is 11.3 Å². The minimum absolute atomic E-state index is 0.164. The van der Waals surface area contributed by atoms with Gasteiger partial charge in [0.15, 0.2) is 0 Å². The Morgan fingerprint density at radius 3 is 2.57 bits per heavy atom. The van der Waals surface area contributed by atoms with Gasteiger partial charge in [0, 0.05) is 6.42 Å². The number of piperazine rings is 1. The van der Waals surface area contributed by atoms with E-state index < -0.39 is 18.2 Å². The fraction of sp³-hybridized carbons (Fsp3) is 0.308. The van der Waals surface area contributed by atoms with Gasteiger partial charge in [0.2, 0.25) is 0 Å². The van der Waals surface area contributed by atoms with Gasteiger partial charge in [0.1, 0.15) is 25.7 Å². The van der Waals surface area contributed by atoms with Gasteiger partial charge in [-0.2, -0.15) is 10.1 Å². The van der Waals surface area contributed by atoms with Crippen LogP contribution >= 0.6 is 0 Å². The van der Waals surface area contributed by atoms with E-state index in [4.69, 9.17) is 10.00 Å². The molecular weight excluding hydrogens is 446 g/mol. The summed E-state index contributed by atoms with van der Waals surface area (Å²) in [7, 11) is 0. The molecule has 35 heavy (non-hydrogen) atoms. The molecule has 1 aliphatic rings. The molecule has 180 valence electrons. The minimum Gasteiger partial charge on any atom is -0.445 e. The number of imidazole rings is 1. The molecule has 0 saturated carbocycles. The third-order valence-electron chi connectivity index (χ3n) is 6.67. The third kappa shape index (κ3) is 5.18. The Kier molecular flexibility index (Phi) is 7.13. The Labute approximate surface area is 203 Å². The highest BCUT2D eigenvalue weighted by molar-refractivity contribution is 5.68. The number of hydrogen-bond donors (Lipinski definition) is 2. The number of benzene rings is 2. The van der Waals surface area contributed by atoms with E-state index in [0.717, 1.165) is 11.1 Å². The van der Waals surface area contributed by atoms with E-state index in [2.05, 4.69) is 16.0 Å². The number of rotatable bonds is 6. The van der Waals surface area contributed by atoms with Crippen molar-refractivity contribution in [3.63, 3.8) is 0 Å². The summed E-state index contributed by atoms with van der Waals surface area (Å²) in [6.07, 6.45) is 2.23. The highest BCUT2D eigenvalue weighted by Gasteiger charge is 2.51. The Hall–Kier alpha value is -4.16. The third-order valence-corrected chi connectivity index (χ3v) is 6.67. The number of nitriles is 1.